The smallest absolute Gasteiger partial charge is 0.101 e. The minimum absolute atomic E-state index is 0.00431. The van der Waals surface area contributed by atoms with Crippen molar-refractivity contribution in [2.75, 3.05) is 23.0 Å². The molecule has 2 saturated heterocycles. The van der Waals surface area contributed by atoms with E-state index in [1.54, 1.807) is 0 Å². The maximum atomic E-state index is 10.7. The molecule has 0 aromatic carbocycles. The molecule has 16 heavy (non-hydrogen) atoms. The summed E-state index contributed by atoms with van der Waals surface area (Å²) in [5, 5.41) is 10.7. The topological polar surface area (TPSA) is 20.2 Å². The lowest BCUT2D eigenvalue weighted by Gasteiger charge is -2.46. The van der Waals surface area contributed by atoms with Crippen molar-refractivity contribution in [3.63, 3.8) is 0 Å². The molecular weight excluding hydrogens is 276 g/mol. The minimum atomic E-state index is -0.217. The number of aliphatic hydroxyl groups is 1. The normalized spacial score (nSPS) is 29.2. The lowest BCUT2D eigenvalue weighted by Crippen LogP contribution is -2.49. The van der Waals surface area contributed by atoms with Gasteiger partial charge in [0.1, 0.15) is 6.10 Å². The summed E-state index contributed by atoms with van der Waals surface area (Å²) in [6.07, 6.45) is 2.36. The van der Waals surface area contributed by atoms with Gasteiger partial charge in [-0.3, -0.25) is 0 Å². The van der Waals surface area contributed by atoms with Crippen LogP contribution in [0.3, 0.4) is 0 Å². The Morgan fingerprint density at radius 2 is 1.12 bits per heavy atom. The Kier molecular flexibility index (Phi) is 4.79. The molecule has 0 atom stereocenters. The molecule has 2 fully saturated rings. The van der Waals surface area contributed by atoms with E-state index >= 15 is 0 Å². The van der Waals surface area contributed by atoms with Gasteiger partial charge < -0.3 is 5.11 Å². The van der Waals surface area contributed by atoms with Crippen molar-refractivity contribution in [3.8, 4) is 0 Å². The molecular formula is C11H20OS4. The van der Waals surface area contributed by atoms with Crippen molar-refractivity contribution in [2.24, 2.45) is 0 Å². The van der Waals surface area contributed by atoms with Crippen LogP contribution in [0.4, 0.5) is 0 Å². The molecule has 0 aliphatic carbocycles. The summed E-state index contributed by atoms with van der Waals surface area (Å²) >= 11 is 7.81. The van der Waals surface area contributed by atoms with E-state index in [1.165, 1.54) is 35.9 Å². The second-order valence-corrected chi connectivity index (χ2v) is 11.2. The third kappa shape index (κ3) is 2.85. The van der Waals surface area contributed by atoms with Gasteiger partial charge >= 0.3 is 0 Å². The van der Waals surface area contributed by atoms with E-state index in [-0.39, 0.29) is 14.3 Å². The van der Waals surface area contributed by atoms with Gasteiger partial charge in [-0.1, -0.05) is 0 Å². The third-order valence-corrected chi connectivity index (χ3v) is 9.70. The first-order valence-corrected chi connectivity index (χ1v) is 9.75. The predicted molar refractivity (Wildman–Crippen MR) is 81.9 cm³/mol. The zero-order chi connectivity index (χ0) is 11.6. The Morgan fingerprint density at radius 1 is 0.812 bits per heavy atom. The van der Waals surface area contributed by atoms with Gasteiger partial charge in [-0.05, 0) is 49.7 Å². The van der Waals surface area contributed by atoms with Crippen molar-refractivity contribution in [3.05, 3.63) is 0 Å². The molecule has 2 aliphatic rings. The Labute approximate surface area is 116 Å². The molecule has 1 nitrogen and oxygen atoms in total. The van der Waals surface area contributed by atoms with Crippen molar-refractivity contribution in [1.82, 2.24) is 0 Å². The van der Waals surface area contributed by atoms with Crippen LogP contribution in [0, 0.1) is 0 Å². The fraction of sp³-hybridized carbons (Fsp3) is 1.00. The summed E-state index contributed by atoms with van der Waals surface area (Å²) in [5.41, 5.74) is 0. The summed E-state index contributed by atoms with van der Waals surface area (Å²) in [6.45, 7) is 4.46. The van der Waals surface area contributed by atoms with Gasteiger partial charge in [0.2, 0.25) is 0 Å². The van der Waals surface area contributed by atoms with E-state index in [0.717, 1.165) is 0 Å². The van der Waals surface area contributed by atoms with Gasteiger partial charge in [0.25, 0.3) is 0 Å². The van der Waals surface area contributed by atoms with E-state index in [9.17, 15) is 5.11 Å². The van der Waals surface area contributed by atoms with Gasteiger partial charge in [0.15, 0.2) is 0 Å². The molecule has 0 saturated carbocycles. The number of aliphatic hydroxyl groups excluding tert-OH is 1. The first kappa shape index (κ1) is 13.8. The molecule has 2 rings (SSSR count). The summed E-state index contributed by atoms with van der Waals surface area (Å²) < 4.78 is 0.00861. The van der Waals surface area contributed by atoms with Crippen molar-refractivity contribution >= 4 is 47.0 Å². The Hall–Kier alpha value is 1.36. The molecule has 0 unspecified atom stereocenters. The molecule has 0 bridgehead atoms. The lowest BCUT2D eigenvalue weighted by atomic mass is 10.2. The fourth-order valence-corrected chi connectivity index (χ4v) is 8.77. The van der Waals surface area contributed by atoms with Crippen LogP contribution < -0.4 is 0 Å². The quantitative estimate of drug-likeness (QED) is 0.839. The van der Waals surface area contributed by atoms with Crippen LogP contribution in [0.15, 0.2) is 0 Å². The first-order chi connectivity index (χ1) is 7.57. The fourth-order valence-electron chi connectivity index (χ4n) is 2.09. The van der Waals surface area contributed by atoms with Crippen LogP contribution in [0.2, 0.25) is 0 Å². The maximum Gasteiger partial charge on any atom is 0.101 e. The maximum absolute atomic E-state index is 10.7. The zero-order valence-electron chi connectivity index (χ0n) is 9.90. The van der Waals surface area contributed by atoms with Crippen LogP contribution >= 0.6 is 47.0 Å². The molecule has 0 spiro atoms. The number of rotatable bonds is 2. The number of thioether (sulfide) groups is 4. The van der Waals surface area contributed by atoms with Gasteiger partial charge in [-0.15, -0.1) is 47.0 Å². The Morgan fingerprint density at radius 3 is 1.44 bits per heavy atom. The SMILES string of the molecule is CC1(C(O)C2(C)SCCCS2)SCCCS1. The third-order valence-electron chi connectivity index (χ3n) is 3.13. The Bertz CT molecular complexity index is 210. The second kappa shape index (κ2) is 5.55. The summed E-state index contributed by atoms with van der Waals surface area (Å²) in [4.78, 5) is 0. The lowest BCUT2D eigenvalue weighted by molar-refractivity contribution is 0.157. The van der Waals surface area contributed by atoms with Crippen molar-refractivity contribution in [2.45, 2.75) is 41.0 Å². The standard InChI is InChI=1S/C11H20OS4/c1-10(13-5-3-6-14-10)9(12)11(2)15-7-4-8-16-11/h9,12H,3-8H2,1-2H3. The molecule has 0 radical (unpaired) electrons. The average Bonchev–Trinajstić information content (AvgIpc) is 2.30. The van der Waals surface area contributed by atoms with E-state index in [0.29, 0.717) is 0 Å². The Balaban J connectivity index is 2.06. The highest BCUT2D eigenvalue weighted by Crippen LogP contribution is 2.54. The predicted octanol–water partition coefficient (Wildman–Crippen LogP) is 3.52. The van der Waals surface area contributed by atoms with Gasteiger partial charge in [0, 0.05) is 0 Å². The summed E-state index contributed by atoms with van der Waals surface area (Å²) in [5.74, 6) is 4.80. The molecule has 5 heteroatoms. The molecule has 94 valence electrons. The van der Waals surface area contributed by atoms with Gasteiger partial charge in [0.05, 0.1) is 8.16 Å². The van der Waals surface area contributed by atoms with Crippen molar-refractivity contribution in [1.29, 1.82) is 0 Å². The van der Waals surface area contributed by atoms with E-state index in [4.69, 9.17) is 0 Å². The van der Waals surface area contributed by atoms with Crippen LogP contribution in [0.1, 0.15) is 26.7 Å². The van der Waals surface area contributed by atoms with Crippen LogP contribution in [0.25, 0.3) is 0 Å². The average molecular weight is 297 g/mol. The minimum Gasteiger partial charge on any atom is -0.388 e. The van der Waals surface area contributed by atoms with Gasteiger partial charge in [-0.2, -0.15) is 0 Å². The monoisotopic (exact) mass is 296 g/mol. The van der Waals surface area contributed by atoms with Gasteiger partial charge in [-0.25, -0.2) is 0 Å². The summed E-state index contributed by atoms with van der Waals surface area (Å²) in [6, 6.07) is 0. The van der Waals surface area contributed by atoms with Crippen molar-refractivity contribution < 1.29 is 5.11 Å². The van der Waals surface area contributed by atoms with E-state index < -0.39 is 0 Å². The highest BCUT2D eigenvalue weighted by Gasteiger charge is 2.48. The summed E-state index contributed by atoms with van der Waals surface area (Å²) in [7, 11) is 0. The molecule has 0 aromatic rings. The first-order valence-electron chi connectivity index (χ1n) is 5.81. The van der Waals surface area contributed by atoms with E-state index in [2.05, 4.69) is 13.8 Å². The molecule has 2 aliphatic heterocycles. The van der Waals surface area contributed by atoms with Crippen LogP contribution in [-0.4, -0.2) is 42.4 Å². The molecule has 2 heterocycles. The zero-order valence-corrected chi connectivity index (χ0v) is 13.2. The second-order valence-electron chi connectivity index (χ2n) is 4.54. The molecule has 1 N–H and O–H groups in total. The number of hydrogen-bond donors (Lipinski definition) is 1. The molecule has 0 amide bonds. The highest BCUT2D eigenvalue weighted by molar-refractivity contribution is 8.20. The van der Waals surface area contributed by atoms with Crippen LogP contribution in [0.5, 0.6) is 0 Å². The molecule has 0 aromatic heterocycles. The highest BCUT2D eigenvalue weighted by atomic mass is 32.2. The van der Waals surface area contributed by atoms with E-state index in [1.807, 2.05) is 47.0 Å². The largest absolute Gasteiger partial charge is 0.388 e. The number of hydrogen-bond acceptors (Lipinski definition) is 5. The van der Waals surface area contributed by atoms with Crippen LogP contribution in [-0.2, 0) is 0 Å².